The third kappa shape index (κ3) is 1.50. The van der Waals surface area contributed by atoms with Crippen molar-refractivity contribution in [2.75, 3.05) is 6.54 Å². The zero-order valence-corrected chi connectivity index (χ0v) is 11.7. The van der Waals surface area contributed by atoms with Gasteiger partial charge in [0.2, 0.25) is 5.96 Å². The first-order valence-corrected chi connectivity index (χ1v) is 7.04. The highest BCUT2D eigenvalue weighted by molar-refractivity contribution is 6.20. The Morgan fingerprint density at radius 2 is 1.45 bits per heavy atom. The van der Waals surface area contributed by atoms with Gasteiger partial charge >= 0.3 is 0 Å². The van der Waals surface area contributed by atoms with E-state index in [4.69, 9.17) is 0 Å². The Morgan fingerprint density at radius 3 is 2.00 bits per heavy atom. The molecule has 5 heteroatoms. The van der Waals surface area contributed by atoms with Crippen molar-refractivity contribution in [2.24, 2.45) is 4.99 Å². The van der Waals surface area contributed by atoms with Gasteiger partial charge in [0.1, 0.15) is 6.54 Å². The molecular formula is C17H13N3O2. The standard InChI is InChI=1S/C17H13N3O2/c21-14-11-18-16-19-15(22)17(20(14)16,12-7-3-1-4-8-12)13-9-5-2-6-10-13/h1-10H,11H2,(H,18,19,22). The molecule has 0 aromatic heterocycles. The van der Waals surface area contributed by atoms with E-state index >= 15 is 0 Å². The summed E-state index contributed by atoms with van der Waals surface area (Å²) in [5, 5.41) is 2.75. The molecule has 0 atom stereocenters. The summed E-state index contributed by atoms with van der Waals surface area (Å²) >= 11 is 0. The number of benzene rings is 2. The lowest BCUT2D eigenvalue weighted by molar-refractivity contribution is -0.135. The van der Waals surface area contributed by atoms with Crippen LogP contribution in [0.3, 0.4) is 0 Å². The number of hydrogen-bond donors (Lipinski definition) is 1. The first-order chi connectivity index (χ1) is 10.7. The van der Waals surface area contributed by atoms with Crippen LogP contribution < -0.4 is 5.32 Å². The minimum atomic E-state index is -1.19. The van der Waals surface area contributed by atoms with Gasteiger partial charge in [-0.05, 0) is 11.1 Å². The van der Waals surface area contributed by atoms with Crippen LogP contribution in [0.1, 0.15) is 11.1 Å². The van der Waals surface area contributed by atoms with Gasteiger partial charge in [-0.1, -0.05) is 60.7 Å². The quantitative estimate of drug-likeness (QED) is 0.905. The van der Waals surface area contributed by atoms with Crippen LogP contribution in [-0.4, -0.2) is 29.2 Å². The highest BCUT2D eigenvalue weighted by Crippen LogP contribution is 2.41. The number of carbonyl (C=O) groups is 2. The van der Waals surface area contributed by atoms with Gasteiger partial charge in [0.05, 0.1) is 0 Å². The molecule has 2 aliphatic rings. The summed E-state index contributed by atoms with van der Waals surface area (Å²) in [6.45, 7) is 0.0665. The molecular weight excluding hydrogens is 278 g/mol. The number of fused-ring (bicyclic) bond motifs is 1. The molecule has 22 heavy (non-hydrogen) atoms. The molecule has 0 unspecified atom stereocenters. The van der Waals surface area contributed by atoms with E-state index in [0.717, 1.165) is 11.1 Å². The average Bonchev–Trinajstić information content (AvgIpc) is 3.06. The lowest BCUT2D eigenvalue weighted by atomic mass is 9.81. The number of guanidine groups is 1. The van der Waals surface area contributed by atoms with Crippen LogP contribution in [-0.2, 0) is 15.1 Å². The Labute approximate surface area is 127 Å². The molecule has 2 amide bonds. The van der Waals surface area contributed by atoms with Gasteiger partial charge in [0.25, 0.3) is 11.8 Å². The highest BCUT2D eigenvalue weighted by Gasteiger charge is 2.58. The van der Waals surface area contributed by atoms with E-state index in [1.54, 1.807) is 0 Å². The van der Waals surface area contributed by atoms with Crippen molar-refractivity contribution in [1.29, 1.82) is 0 Å². The Bertz CT molecular complexity index is 745. The zero-order valence-electron chi connectivity index (χ0n) is 11.7. The SMILES string of the molecule is O=C1CN=C2NC(=O)C(c3ccccc3)(c3ccccc3)N12. The minimum Gasteiger partial charge on any atom is -0.293 e. The van der Waals surface area contributed by atoms with Crippen LogP contribution in [0, 0.1) is 0 Å². The van der Waals surface area contributed by atoms with E-state index in [-0.39, 0.29) is 18.4 Å². The van der Waals surface area contributed by atoms with Crippen LogP contribution in [0.2, 0.25) is 0 Å². The topological polar surface area (TPSA) is 61.8 Å². The Balaban J connectivity index is 2.04. The molecule has 2 aliphatic heterocycles. The van der Waals surface area contributed by atoms with Gasteiger partial charge in [-0.15, -0.1) is 0 Å². The molecule has 0 spiro atoms. The zero-order chi connectivity index (χ0) is 15.2. The van der Waals surface area contributed by atoms with E-state index in [1.807, 2.05) is 60.7 Å². The predicted molar refractivity (Wildman–Crippen MR) is 81.0 cm³/mol. The molecule has 1 saturated heterocycles. The summed E-state index contributed by atoms with van der Waals surface area (Å²) in [5.41, 5.74) is 0.313. The molecule has 0 saturated carbocycles. The number of aliphatic imine (C=N–C) groups is 1. The fourth-order valence-electron chi connectivity index (χ4n) is 3.18. The predicted octanol–water partition coefficient (Wildman–Crippen LogP) is 1.26. The molecule has 4 rings (SSSR count). The third-order valence-electron chi connectivity index (χ3n) is 4.10. The second-order valence-electron chi connectivity index (χ2n) is 5.27. The lowest BCUT2D eigenvalue weighted by Crippen LogP contribution is -2.49. The number of amides is 2. The average molecular weight is 291 g/mol. The van der Waals surface area contributed by atoms with Crippen LogP contribution in [0.25, 0.3) is 0 Å². The van der Waals surface area contributed by atoms with Gasteiger partial charge in [-0.3, -0.25) is 19.8 Å². The summed E-state index contributed by atoms with van der Waals surface area (Å²) in [6.07, 6.45) is 0. The van der Waals surface area contributed by atoms with Crippen molar-refractivity contribution in [3.8, 4) is 0 Å². The van der Waals surface area contributed by atoms with Gasteiger partial charge in [-0.2, -0.15) is 0 Å². The molecule has 2 aromatic rings. The molecule has 0 aliphatic carbocycles. The van der Waals surface area contributed by atoms with Crippen molar-refractivity contribution in [3.05, 3.63) is 71.8 Å². The molecule has 0 bridgehead atoms. The number of nitrogens with zero attached hydrogens (tertiary/aromatic N) is 2. The molecule has 108 valence electrons. The van der Waals surface area contributed by atoms with Gasteiger partial charge in [0.15, 0.2) is 5.54 Å². The fraction of sp³-hybridized carbons (Fsp3) is 0.118. The van der Waals surface area contributed by atoms with E-state index in [0.29, 0.717) is 5.96 Å². The number of rotatable bonds is 2. The monoisotopic (exact) mass is 291 g/mol. The summed E-state index contributed by atoms with van der Waals surface area (Å²) in [4.78, 5) is 30.9. The number of nitrogens with one attached hydrogen (secondary N) is 1. The molecule has 2 heterocycles. The molecule has 1 N–H and O–H groups in total. The van der Waals surface area contributed by atoms with E-state index in [9.17, 15) is 9.59 Å². The van der Waals surface area contributed by atoms with E-state index in [1.165, 1.54) is 4.90 Å². The number of carbonyl (C=O) groups excluding carboxylic acids is 2. The summed E-state index contributed by atoms with van der Waals surface area (Å²) in [7, 11) is 0. The third-order valence-corrected chi connectivity index (χ3v) is 4.10. The fourth-order valence-corrected chi connectivity index (χ4v) is 3.18. The largest absolute Gasteiger partial charge is 0.293 e. The van der Waals surface area contributed by atoms with Crippen LogP contribution in [0.15, 0.2) is 65.7 Å². The first-order valence-electron chi connectivity index (χ1n) is 7.04. The molecule has 1 fully saturated rings. The Hall–Kier alpha value is -2.95. The normalized spacial score (nSPS) is 18.9. The highest BCUT2D eigenvalue weighted by atomic mass is 16.2. The summed E-state index contributed by atoms with van der Waals surface area (Å²) in [5.74, 6) is -0.0968. The maximum absolute atomic E-state index is 12.9. The second-order valence-corrected chi connectivity index (χ2v) is 5.27. The molecule has 0 radical (unpaired) electrons. The van der Waals surface area contributed by atoms with E-state index in [2.05, 4.69) is 10.3 Å². The van der Waals surface area contributed by atoms with Crippen molar-refractivity contribution in [3.63, 3.8) is 0 Å². The van der Waals surface area contributed by atoms with Gasteiger partial charge in [0, 0.05) is 0 Å². The summed E-state index contributed by atoms with van der Waals surface area (Å²) < 4.78 is 0. The maximum Gasteiger partial charge on any atom is 0.262 e. The summed E-state index contributed by atoms with van der Waals surface area (Å²) in [6, 6.07) is 18.7. The maximum atomic E-state index is 12.9. The van der Waals surface area contributed by atoms with Crippen LogP contribution in [0.5, 0.6) is 0 Å². The first kappa shape index (κ1) is 12.8. The van der Waals surface area contributed by atoms with Crippen molar-refractivity contribution >= 4 is 17.8 Å². The van der Waals surface area contributed by atoms with Gasteiger partial charge < -0.3 is 0 Å². The lowest BCUT2D eigenvalue weighted by Gasteiger charge is -2.34. The second kappa shape index (κ2) is 4.53. The molecule has 5 nitrogen and oxygen atoms in total. The van der Waals surface area contributed by atoms with Gasteiger partial charge in [-0.25, -0.2) is 4.99 Å². The molecule has 2 aromatic carbocycles. The smallest absolute Gasteiger partial charge is 0.262 e. The number of hydrogen-bond acceptors (Lipinski definition) is 3. The van der Waals surface area contributed by atoms with Crippen LogP contribution >= 0.6 is 0 Å². The van der Waals surface area contributed by atoms with E-state index < -0.39 is 5.54 Å². The minimum absolute atomic E-state index is 0.0665. The Morgan fingerprint density at radius 1 is 0.909 bits per heavy atom. The van der Waals surface area contributed by atoms with Crippen molar-refractivity contribution < 1.29 is 9.59 Å². The van der Waals surface area contributed by atoms with Crippen molar-refractivity contribution in [1.82, 2.24) is 10.2 Å². The van der Waals surface area contributed by atoms with Crippen molar-refractivity contribution in [2.45, 2.75) is 5.54 Å². The van der Waals surface area contributed by atoms with Crippen LogP contribution in [0.4, 0.5) is 0 Å². The Kier molecular flexibility index (Phi) is 2.63.